The van der Waals surface area contributed by atoms with Gasteiger partial charge in [0.25, 0.3) is 0 Å². The molecule has 2 aromatic carbocycles. The van der Waals surface area contributed by atoms with Crippen molar-refractivity contribution < 1.29 is 18.3 Å². The molecule has 0 N–H and O–H groups in total. The smallest absolute Gasteiger partial charge is 0.165 e. The number of aryl methyl sites for hydroxylation is 2. The van der Waals surface area contributed by atoms with Crippen molar-refractivity contribution in [2.24, 2.45) is 0 Å². The maximum absolute atomic E-state index is 14.0. The average molecular weight is 348 g/mol. The van der Waals surface area contributed by atoms with Crippen molar-refractivity contribution >= 4 is 0 Å². The van der Waals surface area contributed by atoms with Gasteiger partial charge in [0.05, 0.1) is 18.8 Å². The lowest BCUT2D eigenvalue weighted by Gasteiger charge is -2.17. The van der Waals surface area contributed by atoms with Crippen molar-refractivity contribution in [2.75, 3.05) is 0 Å². The molecular formula is C21H26F2O2. The van der Waals surface area contributed by atoms with Gasteiger partial charge in [-0.3, -0.25) is 0 Å². The molecule has 0 saturated heterocycles. The third-order valence-corrected chi connectivity index (χ3v) is 3.99. The first-order chi connectivity index (χ1) is 11.8. The molecule has 0 bridgehead atoms. The minimum absolute atomic E-state index is 0.0942. The molecule has 0 aliphatic rings. The minimum atomic E-state index is -0.356. The third kappa shape index (κ3) is 5.53. The van der Waals surface area contributed by atoms with Gasteiger partial charge in [0.15, 0.2) is 11.6 Å². The highest BCUT2D eigenvalue weighted by Crippen LogP contribution is 2.25. The summed E-state index contributed by atoms with van der Waals surface area (Å²) in [6.07, 6.45) is 0.383. The fourth-order valence-electron chi connectivity index (χ4n) is 2.63. The Morgan fingerprint density at radius 3 is 2.28 bits per heavy atom. The summed E-state index contributed by atoms with van der Waals surface area (Å²) in [6.45, 7) is 9.58. The van der Waals surface area contributed by atoms with E-state index in [2.05, 4.69) is 0 Å². The van der Waals surface area contributed by atoms with Gasteiger partial charge in [-0.05, 0) is 75.9 Å². The maximum Gasteiger partial charge on any atom is 0.165 e. The summed E-state index contributed by atoms with van der Waals surface area (Å²) in [7, 11) is 0. The van der Waals surface area contributed by atoms with Crippen molar-refractivity contribution in [1.29, 1.82) is 0 Å². The third-order valence-electron chi connectivity index (χ3n) is 3.99. The van der Waals surface area contributed by atoms with Gasteiger partial charge >= 0.3 is 0 Å². The minimum Gasteiger partial charge on any atom is -0.488 e. The molecule has 0 saturated carbocycles. The largest absolute Gasteiger partial charge is 0.488 e. The van der Waals surface area contributed by atoms with Crippen LogP contribution < -0.4 is 4.74 Å². The number of halogens is 2. The highest BCUT2D eigenvalue weighted by molar-refractivity contribution is 5.37. The van der Waals surface area contributed by atoms with Crippen LogP contribution in [0.4, 0.5) is 8.78 Å². The van der Waals surface area contributed by atoms with E-state index >= 15 is 0 Å². The Bertz CT molecular complexity index is 726. The van der Waals surface area contributed by atoms with Gasteiger partial charge in [-0.2, -0.15) is 0 Å². The van der Waals surface area contributed by atoms with Crippen LogP contribution >= 0.6 is 0 Å². The van der Waals surface area contributed by atoms with Gasteiger partial charge in [0, 0.05) is 5.56 Å². The van der Waals surface area contributed by atoms with E-state index in [0.717, 1.165) is 16.7 Å². The average Bonchev–Trinajstić information content (AvgIpc) is 2.50. The summed E-state index contributed by atoms with van der Waals surface area (Å²) in [5.41, 5.74) is 3.24. The summed E-state index contributed by atoms with van der Waals surface area (Å²) < 4.78 is 39.1. The zero-order valence-corrected chi connectivity index (χ0v) is 15.5. The first-order valence-corrected chi connectivity index (χ1v) is 8.58. The SMILES string of the molecule is Cc1ccc(COC(C)Cc2cc(OC(C)C)c(F)cc2C)c(F)c1. The van der Waals surface area contributed by atoms with Crippen molar-refractivity contribution in [3.05, 3.63) is 64.2 Å². The highest BCUT2D eigenvalue weighted by atomic mass is 19.1. The Hall–Kier alpha value is -1.94. The highest BCUT2D eigenvalue weighted by Gasteiger charge is 2.13. The van der Waals surface area contributed by atoms with Gasteiger partial charge in [-0.15, -0.1) is 0 Å². The molecule has 25 heavy (non-hydrogen) atoms. The monoisotopic (exact) mass is 348 g/mol. The summed E-state index contributed by atoms with van der Waals surface area (Å²) >= 11 is 0. The van der Waals surface area contributed by atoms with Crippen molar-refractivity contribution in [3.8, 4) is 5.75 Å². The van der Waals surface area contributed by atoms with Crippen LogP contribution in [0.25, 0.3) is 0 Å². The Kier molecular flexibility index (Phi) is 6.54. The number of hydrogen-bond acceptors (Lipinski definition) is 2. The fraction of sp³-hybridized carbons (Fsp3) is 0.429. The van der Waals surface area contributed by atoms with E-state index in [-0.39, 0.29) is 36.2 Å². The number of ether oxygens (including phenoxy) is 2. The van der Waals surface area contributed by atoms with E-state index in [1.54, 1.807) is 12.1 Å². The summed E-state index contributed by atoms with van der Waals surface area (Å²) in [6, 6.07) is 8.33. The molecule has 0 fully saturated rings. The molecule has 1 atom stereocenters. The number of benzene rings is 2. The molecule has 136 valence electrons. The molecule has 0 aliphatic heterocycles. The second-order valence-corrected chi connectivity index (χ2v) is 6.80. The van der Waals surface area contributed by atoms with Crippen LogP contribution in [-0.4, -0.2) is 12.2 Å². The lowest BCUT2D eigenvalue weighted by Crippen LogP contribution is -2.14. The predicted molar refractivity (Wildman–Crippen MR) is 96.0 cm³/mol. The van der Waals surface area contributed by atoms with Gasteiger partial charge in [0.2, 0.25) is 0 Å². The van der Waals surface area contributed by atoms with E-state index in [9.17, 15) is 8.78 Å². The lowest BCUT2D eigenvalue weighted by molar-refractivity contribution is 0.0517. The second-order valence-electron chi connectivity index (χ2n) is 6.80. The Balaban J connectivity index is 2.03. The van der Waals surface area contributed by atoms with E-state index in [0.29, 0.717) is 12.0 Å². The summed E-state index contributed by atoms with van der Waals surface area (Å²) in [5.74, 6) is -0.351. The molecule has 0 heterocycles. The van der Waals surface area contributed by atoms with Crippen LogP contribution in [0.2, 0.25) is 0 Å². The van der Waals surface area contributed by atoms with Crippen molar-refractivity contribution in [1.82, 2.24) is 0 Å². The van der Waals surface area contributed by atoms with Crippen LogP contribution in [0.1, 0.15) is 43.0 Å². The summed E-state index contributed by atoms with van der Waals surface area (Å²) in [5, 5.41) is 0. The van der Waals surface area contributed by atoms with Gasteiger partial charge in [-0.1, -0.05) is 12.1 Å². The topological polar surface area (TPSA) is 18.5 Å². The van der Waals surface area contributed by atoms with Gasteiger partial charge < -0.3 is 9.47 Å². The van der Waals surface area contributed by atoms with E-state index in [1.165, 1.54) is 12.1 Å². The van der Waals surface area contributed by atoms with E-state index < -0.39 is 0 Å². The Labute approximate surface area is 148 Å². The van der Waals surface area contributed by atoms with Gasteiger partial charge in [0.1, 0.15) is 5.82 Å². The number of rotatable bonds is 7. The molecular weight excluding hydrogens is 322 g/mol. The van der Waals surface area contributed by atoms with Crippen LogP contribution in [0, 0.1) is 25.5 Å². The van der Waals surface area contributed by atoms with Crippen LogP contribution in [0.5, 0.6) is 5.75 Å². The standard InChI is InChI=1S/C21H26F2O2/c1-13(2)25-21-11-18(15(4)9-20(21)23)10-16(5)24-12-17-7-6-14(3)8-19(17)22/h6-9,11,13,16H,10,12H2,1-5H3. The zero-order chi connectivity index (χ0) is 18.6. The molecule has 0 aromatic heterocycles. The molecule has 2 nitrogen and oxygen atoms in total. The van der Waals surface area contributed by atoms with Crippen molar-refractivity contribution in [2.45, 2.75) is 59.9 Å². The lowest BCUT2D eigenvalue weighted by atomic mass is 10.0. The first kappa shape index (κ1) is 19.4. The normalized spacial score (nSPS) is 12.5. The quantitative estimate of drug-likeness (QED) is 0.656. The molecule has 0 radical (unpaired) electrons. The molecule has 4 heteroatoms. The first-order valence-electron chi connectivity index (χ1n) is 8.58. The molecule has 2 aromatic rings. The molecule has 0 amide bonds. The maximum atomic E-state index is 14.0. The predicted octanol–water partition coefficient (Wildman–Crippen LogP) is 5.52. The zero-order valence-electron chi connectivity index (χ0n) is 15.5. The van der Waals surface area contributed by atoms with Crippen molar-refractivity contribution in [3.63, 3.8) is 0 Å². The molecule has 0 spiro atoms. The Morgan fingerprint density at radius 2 is 1.64 bits per heavy atom. The fourth-order valence-corrected chi connectivity index (χ4v) is 2.63. The van der Waals surface area contributed by atoms with E-state index in [4.69, 9.17) is 9.47 Å². The van der Waals surface area contributed by atoms with Gasteiger partial charge in [-0.25, -0.2) is 8.78 Å². The van der Waals surface area contributed by atoms with E-state index in [1.807, 2.05) is 40.7 Å². The molecule has 2 rings (SSSR count). The summed E-state index contributed by atoms with van der Waals surface area (Å²) in [4.78, 5) is 0. The molecule has 1 unspecified atom stereocenters. The Morgan fingerprint density at radius 1 is 0.920 bits per heavy atom. The van der Waals surface area contributed by atoms with Crippen LogP contribution in [-0.2, 0) is 17.8 Å². The number of hydrogen-bond donors (Lipinski definition) is 0. The molecule has 0 aliphatic carbocycles. The second kappa shape index (κ2) is 8.43. The van der Waals surface area contributed by atoms with Crippen LogP contribution in [0.3, 0.4) is 0 Å². The van der Waals surface area contributed by atoms with Crippen LogP contribution in [0.15, 0.2) is 30.3 Å².